The lowest BCUT2D eigenvalue weighted by molar-refractivity contribution is 0.0936. The van der Waals surface area contributed by atoms with Crippen molar-refractivity contribution < 1.29 is 4.79 Å². The van der Waals surface area contributed by atoms with E-state index in [1.165, 1.54) is 24.2 Å². The average molecular weight is 311 g/mol. The predicted octanol–water partition coefficient (Wildman–Crippen LogP) is 1.76. The first-order valence-corrected chi connectivity index (χ1v) is 8.33. The number of carbonyl (C=O) groups excluding carboxylic acids is 1. The maximum atomic E-state index is 12.3. The van der Waals surface area contributed by atoms with Crippen LogP contribution in [0.2, 0.25) is 0 Å². The Labute approximate surface area is 130 Å². The number of anilines is 2. The number of rotatable bonds is 6. The second kappa shape index (κ2) is 7.09. The van der Waals surface area contributed by atoms with E-state index in [0.717, 1.165) is 19.6 Å². The predicted molar refractivity (Wildman–Crippen MR) is 87.9 cm³/mol. The summed E-state index contributed by atoms with van der Waals surface area (Å²) in [4.78, 5) is 19.4. The van der Waals surface area contributed by atoms with Gasteiger partial charge in [-0.15, -0.1) is 0 Å². The van der Waals surface area contributed by atoms with Gasteiger partial charge in [0.15, 0.2) is 5.13 Å². The Morgan fingerprint density at radius 1 is 1.38 bits per heavy atom. The molecular weight excluding hydrogens is 286 g/mol. The Hall–Kier alpha value is -1.34. The van der Waals surface area contributed by atoms with Crippen LogP contribution in [0.15, 0.2) is 0 Å². The summed E-state index contributed by atoms with van der Waals surface area (Å²) in [6.45, 7) is 9.23. The summed E-state index contributed by atoms with van der Waals surface area (Å²) >= 11 is 1.31. The first-order chi connectivity index (χ1) is 9.95. The van der Waals surface area contributed by atoms with Gasteiger partial charge < -0.3 is 21.3 Å². The van der Waals surface area contributed by atoms with Crippen LogP contribution in [-0.2, 0) is 0 Å². The largest absolute Gasteiger partial charge is 0.382 e. The molecule has 2 heterocycles. The van der Waals surface area contributed by atoms with Gasteiger partial charge in [0.25, 0.3) is 5.91 Å². The van der Waals surface area contributed by atoms with Crippen LogP contribution < -0.4 is 16.4 Å². The third-order valence-corrected chi connectivity index (χ3v) is 4.38. The second-order valence-corrected chi connectivity index (χ2v) is 6.91. The number of amides is 1. The zero-order valence-electron chi connectivity index (χ0n) is 13.0. The fraction of sp³-hybridized carbons (Fsp3) is 0.714. The molecule has 4 N–H and O–H groups in total. The molecule has 1 unspecified atom stereocenters. The van der Waals surface area contributed by atoms with Gasteiger partial charge in [-0.25, -0.2) is 4.98 Å². The Bertz CT molecular complexity index is 482. The molecule has 1 fully saturated rings. The van der Waals surface area contributed by atoms with Crippen LogP contribution >= 0.6 is 11.3 Å². The van der Waals surface area contributed by atoms with Crippen molar-refractivity contribution in [2.24, 2.45) is 0 Å². The molecule has 7 heteroatoms. The number of hydrogen-bond acceptors (Lipinski definition) is 6. The molecule has 0 radical (unpaired) electrons. The quantitative estimate of drug-likeness (QED) is 0.745. The van der Waals surface area contributed by atoms with E-state index in [4.69, 9.17) is 5.73 Å². The van der Waals surface area contributed by atoms with E-state index in [2.05, 4.69) is 20.5 Å². The molecule has 1 atom stereocenters. The molecular formula is C14H25N5OS. The van der Waals surface area contributed by atoms with Gasteiger partial charge in [-0.2, -0.15) is 0 Å². The fourth-order valence-corrected chi connectivity index (χ4v) is 3.42. The normalized spacial score (nSPS) is 17.1. The molecule has 2 rings (SSSR count). The Balaban J connectivity index is 1.91. The van der Waals surface area contributed by atoms with Crippen LogP contribution in [0.25, 0.3) is 0 Å². The zero-order valence-corrected chi connectivity index (χ0v) is 13.8. The maximum Gasteiger partial charge on any atom is 0.265 e. The minimum atomic E-state index is -0.131. The number of aromatic nitrogens is 1. The van der Waals surface area contributed by atoms with E-state index in [1.54, 1.807) is 0 Å². The van der Waals surface area contributed by atoms with Crippen LogP contribution in [0.4, 0.5) is 10.9 Å². The van der Waals surface area contributed by atoms with Crippen molar-refractivity contribution in [3.8, 4) is 0 Å². The molecule has 0 spiro atoms. The summed E-state index contributed by atoms with van der Waals surface area (Å²) in [6.07, 6.45) is 2.51. The number of nitrogens with one attached hydrogen (secondary N) is 2. The molecule has 0 aliphatic carbocycles. The number of nitrogen functional groups attached to an aromatic ring is 1. The van der Waals surface area contributed by atoms with Gasteiger partial charge in [0.2, 0.25) is 0 Å². The van der Waals surface area contributed by atoms with Crippen LogP contribution in [0.3, 0.4) is 0 Å². The van der Waals surface area contributed by atoms with Crippen molar-refractivity contribution in [2.75, 3.05) is 30.7 Å². The second-order valence-electron chi connectivity index (χ2n) is 5.91. The zero-order chi connectivity index (χ0) is 15.4. The van der Waals surface area contributed by atoms with Crippen LogP contribution in [0.5, 0.6) is 0 Å². The van der Waals surface area contributed by atoms with Crippen LogP contribution in [0.1, 0.15) is 43.3 Å². The molecule has 6 nitrogen and oxygen atoms in total. The summed E-state index contributed by atoms with van der Waals surface area (Å²) in [7, 11) is 0. The highest BCUT2D eigenvalue weighted by Crippen LogP contribution is 2.25. The van der Waals surface area contributed by atoms with Gasteiger partial charge in [0, 0.05) is 18.6 Å². The third-order valence-electron chi connectivity index (χ3n) is 3.38. The van der Waals surface area contributed by atoms with Gasteiger partial charge in [0.1, 0.15) is 10.7 Å². The molecule has 0 saturated carbocycles. The summed E-state index contributed by atoms with van der Waals surface area (Å²) in [5.41, 5.74) is 5.85. The van der Waals surface area contributed by atoms with Crippen molar-refractivity contribution in [3.05, 3.63) is 4.88 Å². The third kappa shape index (κ3) is 4.57. The highest BCUT2D eigenvalue weighted by molar-refractivity contribution is 7.18. The number of likely N-dealkylation sites (tertiary alicyclic amines) is 1. The Morgan fingerprint density at radius 3 is 2.67 bits per heavy atom. The van der Waals surface area contributed by atoms with E-state index in [-0.39, 0.29) is 18.0 Å². The molecule has 1 aromatic rings. The van der Waals surface area contributed by atoms with Gasteiger partial charge in [-0.1, -0.05) is 11.3 Å². The van der Waals surface area contributed by atoms with Crippen LogP contribution in [-0.4, -0.2) is 47.5 Å². The number of thiazole rings is 1. The number of nitrogens with two attached hydrogens (primary N) is 1. The summed E-state index contributed by atoms with van der Waals surface area (Å²) in [5, 5.41) is 6.88. The lowest BCUT2D eigenvalue weighted by Crippen LogP contribution is -2.41. The van der Waals surface area contributed by atoms with Crippen molar-refractivity contribution in [1.82, 2.24) is 15.2 Å². The number of hydrogen-bond donors (Lipinski definition) is 3. The van der Waals surface area contributed by atoms with Gasteiger partial charge in [0.05, 0.1) is 0 Å². The number of carbonyl (C=O) groups is 1. The van der Waals surface area contributed by atoms with Gasteiger partial charge in [-0.3, -0.25) is 4.79 Å². The minimum absolute atomic E-state index is 0.110. The topological polar surface area (TPSA) is 83.3 Å². The lowest BCUT2D eigenvalue weighted by atomic mass is 10.3. The standard InChI is InChI=1S/C14H25N5OS/c1-9(2)16-14-18-12(15)11(21-14)13(20)17-10(3)8-19-6-4-5-7-19/h9-10H,4-8,15H2,1-3H3,(H,16,18)(H,17,20). The summed E-state index contributed by atoms with van der Waals surface area (Å²) < 4.78 is 0. The Morgan fingerprint density at radius 2 is 2.05 bits per heavy atom. The SMILES string of the molecule is CC(C)Nc1nc(N)c(C(=O)NC(C)CN2CCCC2)s1. The van der Waals surface area contributed by atoms with E-state index in [9.17, 15) is 4.79 Å². The highest BCUT2D eigenvalue weighted by atomic mass is 32.1. The average Bonchev–Trinajstić information content (AvgIpc) is 2.98. The molecule has 1 saturated heterocycles. The molecule has 0 bridgehead atoms. The van der Waals surface area contributed by atoms with Crippen molar-refractivity contribution in [2.45, 2.75) is 45.7 Å². The van der Waals surface area contributed by atoms with E-state index in [0.29, 0.717) is 15.8 Å². The molecule has 1 aromatic heterocycles. The molecule has 118 valence electrons. The molecule has 21 heavy (non-hydrogen) atoms. The van der Waals surface area contributed by atoms with Gasteiger partial charge >= 0.3 is 0 Å². The first-order valence-electron chi connectivity index (χ1n) is 7.51. The van der Waals surface area contributed by atoms with Crippen LogP contribution in [0, 0.1) is 0 Å². The first kappa shape index (κ1) is 16.0. The minimum Gasteiger partial charge on any atom is -0.382 e. The monoisotopic (exact) mass is 311 g/mol. The summed E-state index contributed by atoms with van der Waals surface area (Å²) in [6, 6.07) is 0.374. The lowest BCUT2D eigenvalue weighted by Gasteiger charge is -2.20. The number of nitrogens with zero attached hydrogens (tertiary/aromatic N) is 2. The van der Waals surface area contributed by atoms with E-state index >= 15 is 0 Å². The molecule has 1 aliphatic heterocycles. The van der Waals surface area contributed by atoms with Crippen molar-refractivity contribution >= 4 is 28.2 Å². The van der Waals surface area contributed by atoms with Crippen molar-refractivity contribution in [3.63, 3.8) is 0 Å². The van der Waals surface area contributed by atoms with E-state index in [1.807, 2.05) is 20.8 Å². The smallest absolute Gasteiger partial charge is 0.265 e. The highest BCUT2D eigenvalue weighted by Gasteiger charge is 2.20. The van der Waals surface area contributed by atoms with Crippen molar-refractivity contribution in [1.29, 1.82) is 0 Å². The molecule has 1 aliphatic rings. The molecule has 1 amide bonds. The van der Waals surface area contributed by atoms with Gasteiger partial charge in [-0.05, 0) is 46.7 Å². The fourth-order valence-electron chi connectivity index (χ4n) is 2.49. The summed E-state index contributed by atoms with van der Waals surface area (Å²) in [5.74, 6) is 0.169. The molecule has 0 aromatic carbocycles. The maximum absolute atomic E-state index is 12.3. The van der Waals surface area contributed by atoms with E-state index < -0.39 is 0 Å². The Kier molecular flexibility index (Phi) is 5.41.